The number of hydrogen-bond acceptors (Lipinski definition) is 5. The number of ether oxygens (including phenoxy) is 1. The highest BCUT2D eigenvalue weighted by molar-refractivity contribution is 5.89. The molecule has 10 nitrogen and oxygen atoms in total. The standard InChI is InChI=1S/C24H28N4O6/c1-2-25-23(32)27-12-11-26-22(31)20(13-21(29)30)28-24(33)34-14-19-17-9-5-3-7-15(17)16-8-4-6-10-18(16)19/h3-10,19-20H,2,11-14H2,1H3,(H,26,31)(H,28,33)(H,29,30)(H2,25,27,32). The van der Waals surface area contributed by atoms with Crippen molar-refractivity contribution in [1.29, 1.82) is 0 Å². The Morgan fingerprint density at radius 1 is 0.912 bits per heavy atom. The maximum Gasteiger partial charge on any atom is 0.407 e. The predicted octanol–water partition coefficient (Wildman–Crippen LogP) is 1.80. The van der Waals surface area contributed by atoms with Gasteiger partial charge >= 0.3 is 18.1 Å². The molecule has 1 atom stereocenters. The Morgan fingerprint density at radius 3 is 2.09 bits per heavy atom. The Bertz CT molecular complexity index is 1010. The molecule has 0 spiro atoms. The summed E-state index contributed by atoms with van der Waals surface area (Å²) in [4.78, 5) is 47.4. The monoisotopic (exact) mass is 468 g/mol. The number of carbonyl (C=O) groups excluding carboxylic acids is 3. The van der Waals surface area contributed by atoms with E-state index in [9.17, 15) is 19.2 Å². The second-order valence-electron chi connectivity index (χ2n) is 7.70. The number of benzene rings is 2. The number of carboxylic acid groups (broad SMARTS) is 1. The average molecular weight is 469 g/mol. The topological polar surface area (TPSA) is 146 Å². The minimum atomic E-state index is -1.32. The van der Waals surface area contributed by atoms with Crippen LogP contribution in [0.3, 0.4) is 0 Å². The fourth-order valence-electron chi connectivity index (χ4n) is 3.87. The van der Waals surface area contributed by atoms with Crippen LogP contribution in [0, 0.1) is 0 Å². The first-order chi connectivity index (χ1) is 16.4. The summed E-state index contributed by atoms with van der Waals surface area (Å²) in [6.07, 6.45) is -1.50. The summed E-state index contributed by atoms with van der Waals surface area (Å²) in [5, 5.41) is 19.0. The van der Waals surface area contributed by atoms with Crippen LogP contribution >= 0.6 is 0 Å². The Kier molecular flexibility index (Phi) is 8.44. The molecule has 2 aromatic rings. The van der Waals surface area contributed by atoms with Crippen molar-refractivity contribution in [2.24, 2.45) is 0 Å². The fraction of sp³-hybridized carbons (Fsp3) is 0.333. The molecular weight excluding hydrogens is 440 g/mol. The van der Waals surface area contributed by atoms with E-state index in [-0.39, 0.29) is 31.6 Å². The number of nitrogens with one attached hydrogen (secondary N) is 4. The number of rotatable bonds is 10. The first-order valence-corrected chi connectivity index (χ1v) is 11.0. The van der Waals surface area contributed by atoms with Crippen LogP contribution in [0.2, 0.25) is 0 Å². The lowest BCUT2D eigenvalue weighted by atomic mass is 9.98. The average Bonchev–Trinajstić information content (AvgIpc) is 3.13. The molecule has 34 heavy (non-hydrogen) atoms. The number of amides is 4. The lowest BCUT2D eigenvalue weighted by molar-refractivity contribution is -0.139. The van der Waals surface area contributed by atoms with E-state index >= 15 is 0 Å². The van der Waals surface area contributed by atoms with Crippen molar-refractivity contribution in [3.63, 3.8) is 0 Å². The van der Waals surface area contributed by atoms with Gasteiger partial charge in [-0.1, -0.05) is 48.5 Å². The number of hydrogen-bond donors (Lipinski definition) is 5. The zero-order valence-corrected chi connectivity index (χ0v) is 18.8. The van der Waals surface area contributed by atoms with Crippen LogP contribution < -0.4 is 21.3 Å². The number of aliphatic carboxylic acids is 1. The molecule has 0 bridgehead atoms. The third-order valence-electron chi connectivity index (χ3n) is 5.38. The number of carbonyl (C=O) groups is 4. The van der Waals surface area contributed by atoms with Gasteiger partial charge in [-0.2, -0.15) is 0 Å². The van der Waals surface area contributed by atoms with E-state index in [0.29, 0.717) is 6.54 Å². The van der Waals surface area contributed by atoms with Crippen LogP contribution in [0.1, 0.15) is 30.4 Å². The van der Waals surface area contributed by atoms with Gasteiger partial charge in [0.05, 0.1) is 6.42 Å². The molecule has 4 amide bonds. The minimum Gasteiger partial charge on any atom is -0.481 e. The molecule has 5 N–H and O–H groups in total. The van der Waals surface area contributed by atoms with Crippen molar-refractivity contribution in [3.05, 3.63) is 59.7 Å². The number of urea groups is 1. The Labute approximate surface area is 197 Å². The molecule has 0 aliphatic heterocycles. The van der Waals surface area contributed by atoms with Crippen molar-refractivity contribution in [3.8, 4) is 11.1 Å². The first-order valence-electron chi connectivity index (χ1n) is 11.0. The van der Waals surface area contributed by atoms with E-state index in [0.717, 1.165) is 22.3 Å². The van der Waals surface area contributed by atoms with E-state index in [2.05, 4.69) is 21.3 Å². The third kappa shape index (κ3) is 6.25. The summed E-state index contributed by atoms with van der Waals surface area (Å²) < 4.78 is 5.40. The third-order valence-corrected chi connectivity index (χ3v) is 5.38. The molecular formula is C24H28N4O6. The van der Waals surface area contributed by atoms with Crippen LogP contribution in [-0.2, 0) is 14.3 Å². The maximum absolute atomic E-state index is 12.4. The van der Waals surface area contributed by atoms with Crippen molar-refractivity contribution >= 4 is 24.0 Å². The summed E-state index contributed by atoms with van der Waals surface area (Å²) in [6, 6.07) is 14.0. The van der Waals surface area contributed by atoms with Crippen LogP contribution in [-0.4, -0.2) is 61.4 Å². The molecule has 0 saturated carbocycles. The van der Waals surface area contributed by atoms with Gasteiger partial charge in [-0.05, 0) is 29.2 Å². The highest BCUT2D eigenvalue weighted by Gasteiger charge is 2.30. The molecule has 2 aromatic carbocycles. The van der Waals surface area contributed by atoms with E-state index in [1.165, 1.54) is 0 Å². The largest absolute Gasteiger partial charge is 0.481 e. The van der Waals surface area contributed by atoms with Gasteiger partial charge in [0, 0.05) is 25.6 Å². The van der Waals surface area contributed by atoms with Gasteiger partial charge in [-0.15, -0.1) is 0 Å². The SMILES string of the molecule is CCNC(=O)NCCNC(=O)C(CC(=O)O)NC(=O)OCC1c2ccccc2-c2ccccc21. The van der Waals surface area contributed by atoms with Crippen LogP contribution in [0.25, 0.3) is 11.1 Å². The Morgan fingerprint density at radius 2 is 1.50 bits per heavy atom. The molecule has 180 valence electrons. The van der Waals surface area contributed by atoms with Crippen LogP contribution in [0.15, 0.2) is 48.5 Å². The normalized spacial score (nSPS) is 12.6. The molecule has 3 rings (SSSR count). The molecule has 0 heterocycles. The Hall–Kier alpha value is -4.08. The molecule has 1 aliphatic rings. The van der Waals surface area contributed by atoms with Gasteiger partial charge in [0.2, 0.25) is 5.91 Å². The summed E-state index contributed by atoms with van der Waals surface area (Å²) in [5.41, 5.74) is 4.24. The van der Waals surface area contributed by atoms with Crippen LogP contribution in [0.5, 0.6) is 0 Å². The fourth-order valence-corrected chi connectivity index (χ4v) is 3.87. The molecule has 0 fully saturated rings. The quantitative estimate of drug-likeness (QED) is 0.336. The number of alkyl carbamates (subject to hydrolysis) is 1. The summed E-state index contributed by atoms with van der Waals surface area (Å²) >= 11 is 0. The zero-order valence-electron chi connectivity index (χ0n) is 18.8. The summed E-state index contributed by atoms with van der Waals surface area (Å²) in [5.74, 6) is -2.10. The van der Waals surface area contributed by atoms with Crippen molar-refractivity contribution < 1.29 is 29.0 Å². The second-order valence-corrected chi connectivity index (χ2v) is 7.70. The highest BCUT2D eigenvalue weighted by atomic mass is 16.5. The van der Waals surface area contributed by atoms with Gasteiger partial charge in [0.25, 0.3) is 0 Å². The Balaban J connectivity index is 1.55. The highest BCUT2D eigenvalue weighted by Crippen LogP contribution is 2.44. The van der Waals surface area contributed by atoms with Gasteiger partial charge in [0.15, 0.2) is 0 Å². The summed E-state index contributed by atoms with van der Waals surface area (Å²) in [6.45, 7) is 2.48. The van der Waals surface area contributed by atoms with Gasteiger partial charge in [-0.3, -0.25) is 9.59 Å². The molecule has 1 unspecified atom stereocenters. The maximum atomic E-state index is 12.4. The van der Waals surface area contributed by atoms with Gasteiger partial charge in [-0.25, -0.2) is 9.59 Å². The molecule has 0 saturated heterocycles. The van der Waals surface area contributed by atoms with Crippen LogP contribution in [0.4, 0.5) is 9.59 Å². The van der Waals surface area contributed by atoms with E-state index in [1.807, 2.05) is 48.5 Å². The smallest absolute Gasteiger partial charge is 0.407 e. The number of fused-ring (bicyclic) bond motifs is 3. The van der Waals surface area contributed by atoms with Gasteiger partial charge < -0.3 is 31.1 Å². The molecule has 0 aromatic heterocycles. The van der Waals surface area contributed by atoms with E-state index < -0.39 is 30.4 Å². The second kappa shape index (κ2) is 11.7. The number of carboxylic acids is 1. The lowest BCUT2D eigenvalue weighted by Crippen LogP contribution is -2.49. The summed E-state index contributed by atoms with van der Waals surface area (Å²) in [7, 11) is 0. The van der Waals surface area contributed by atoms with Gasteiger partial charge in [0.1, 0.15) is 12.6 Å². The van der Waals surface area contributed by atoms with Crippen molar-refractivity contribution in [2.75, 3.05) is 26.2 Å². The zero-order chi connectivity index (χ0) is 24.5. The minimum absolute atomic E-state index is 0.0394. The first kappa shape index (κ1) is 24.6. The predicted molar refractivity (Wildman–Crippen MR) is 124 cm³/mol. The lowest BCUT2D eigenvalue weighted by Gasteiger charge is -2.19. The van der Waals surface area contributed by atoms with Crippen molar-refractivity contribution in [2.45, 2.75) is 25.3 Å². The van der Waals surface area contributed by atoms with Crippen molar-refractivity contribution in [1.82, 2.24) is 21.3 Å². The molecule has 1 aliphatic carbocycles. The molecule has 10 heteroatoms. The molecule has 0 radical (unpaired) electrons. The van der Waals surface area contributed by atoms with E-state index in [4.69, 9.17) is 9.84 Å². The van der Waals surface area contributed by atoms with E-state index in [1.54, 1.807) is 6.92 Å².